The summed E-state index contributed by atoms with van der Waals surface area (Å²) in [4.78, 5) is 11.8. The van der Waals surface area contributed by atoms with Gasteiger partial charge in [-0.3, -0.25) is 4.79 Å². The molecule has 1 aliphatic rings. The van der Waals surface area contributed by atoms with E-state index in [-0.39, 0.29) is 5.97 Å². The Morgan fingerprint density at radius 3 is 2.63 bits per heavy atom. The lowest BCUT2D eigenvalue weighted by molar-refractivity contribution is -0.150. The summed E-state index contributed by atoms with van der Waals surface area (Å²) in [6.45, 7) is 5.73. The van der Waals surface area contributed by atoms with Crippen LogP contribution in [0.2, 0.25) is 0 Å². The van der Waals surface area contributed by atoms with E-state index in [2.05, 4.69) is 5.32 Å². The average molecular weight is 271 g/mol. The standard InChI is InChI=1S/C15H29NO3/c1-4-19-14(17)15(2,16-3)10-6-11-18-12-9-13-7-5-8-13/h13,16H,4-12H2,1-3H3. The molecule has 0 spiro atoms. The van der Waals surface area contributed by atoms with Gasteiger partial charge in [0.25, 0.3) is 0 Å². The van der Waals surface area contributed by atoms with Gasteiger partial charge in [-0.2, -0.15) is 0 Å². The molecule has 0 saturated heterocycles. The minimum absolute atomic E-state index is 0.174. The molecule has 1 unspecified atom stereocenters. The number of nitrogens with one attached hydrogen (secondary N) is 1. The molecular weight excluding hydrogens is 242 g/mol. The molecule has 0 aliphatic heterocycles. The SMILES string of the molecule is CCOC(=O)C(C)(CCCOCCC1CCC1)NC. The van der Waals surface area contributed by atoms with Crippen molar-refractivity contribution in [2.75, 3.05) is 26.9 Å². The first-order valence-corrected chi connectivity index (χ1v) is 7.56. The Balaban J connectivity index is 2.08. The first-order chi connectivity index (χ1) is 9.12. The van der Waals surface area contributed by atoms with Crippen LogP contribution in [0.25, 0.3) is 0 Å². The number of carbonyl (C=O) groups is 1. The topological polar surface area (TPSA) is 47.6 Å². The quantitative estimate of drug-likeness (QED) is 0.490. The summed E-state index contributed by atoms with van der Waals surface area (Å²) in [7, 11) is 1.80. The molecule has 19 heavy (non-hydrogen) atoms. The first kappa shape index (κ1) is 16.4. The van der Waals surface area contributed by atoms with Gasteiger partial charge in [0.05, 0.1) is 6.61 Å². The van der Waals surface area contributed by atoms with Crippen LogP contribution in [0.15, 0.2) is 0 Å². The zero-order chi connectivity index (χ0) is 14.1. The van der Waals surface area contributed by atoms with Crippen LogP contribution in [0.4, 0.5) is 0 Å². The lowest BCUT2D eigenvalue weighted by atomic mass is 9.83. The van der Waals surface area contributed by atoms with Gasteiger partial charge >= 0.3 is 5.97 Å². The molecule has 0 aromatic carbocycles. The Morgan fingerprint density at radius 1 is 1.37 bits per heavy atom. The number of esters is 1. The van der Waals surface area contributed by atoms with Crippen LogP contribution in [0, 0.1) is 5.92 Å². The maximum absolute atomic E-state index is 11.8. The number of rotatable bonds is 10. The Kier molecular flexibility index (Phi) is 7.39. The molecule has 112 valence electrons. The summed E-state index contributed by atoms with van der Waals surface area (Å²) in [5, 5.41) is 3.06. The highest BCUT2D eigenvalue weighted by molar-refractivity contribution is 5.80. The van der Waals surface area contributed by atoms with Crippen LogP contribution in [0.5, 0.6) is 0 Å². The monoisotopic (exact) mass is 271 g/mol. The van der Waals surface area contributed by atoms with Crippen LogP contribution >= 0.6 is 0 Å². The molecule has 1 aliphatic carbocycles. The summed E-state index contributed by atoms with van der Waals surface area (Å²) >= 11 is 0. The van der Waals surface area contributed by atoms with E-state index in [0.29, 0.717) is 6.61 Å². The first-order valence-electron chi connectivity index (χ1n) is 7.56. The fraction of sp³-hybridized carbons (Fsp3) is 0.933. The fourth-order valence-electron chi connectivity index (χ4n) is 2.28. The zero-order valence-electron chi connectivity index (χ0n) is 12.7. The lowest BCUT2D eigenvalue weighted by Crippen LogP contribution is -2.48. The molecular formula is C15H29NO3. The third-order valence-corrected chi connectivity index (χ3v) is 4.14. The molecule has 0 radical (unpaired) electrons. The normalized spacial score (nSPS) is 18.7. The van der Waals surface area contributed by atoms with Crippen LogP contribution in [0.3, 0.4) is 0 Å². The third-order valence-electron chi connectivity index (χ3n) is 4.14. The number of hydrogen-bond donors (Lipinski definition) is 1. The van der Waals surface area contributed by atoms with E-state index in [1.54, 1.807) is 7.05 Å². The summed E-state index contributed by atoms with van der Waals surface area (Å²) in [6, 6.07) is 0. The average Bonchev–Trinajstić information content (AvgIpc) is 2.35. The second kappa shape index (κ2) is 8.54. The summed E-state index contributed by atoms with van der Waals surface area (Å²) < 4.78 is 10.7. The van der Waals surface area contributed by atoms with Gasteiger partial charge in [-0.1, -0.05) is 19.3 Å². The third kappa shape index (κ3) is 5.49. The van der Waals surface area contributed by atoms with Gasteiger partial charge in [0.2, 0.25) is 0 Å². The van der Waals surface area contributed by atoms with E-state index in [9.17, 15) is 4.79 Å². The molecule has 1 rings (SSSR count). The molecule has 1 saturated carbocycles. The van der Waals surface area contributed by atoms with Crippen molar-refractivity contribution in [2.24, 2.45) is 5.92 Å². The van der Waals surface area contributed by atoms with Gasteiger partial charge in [-0.05, 0) is 46.1 Å². The molecule has 1 fully saturated rings. The summed E-state index contributed by atoms with van der Waals surface area (Å²) in [6.07, 6.45) is 6.96. The largest absolute Gasteiger partial charge is 0.465 e. The predicted molar refractivity (Wildman–Crippen MR) is 76.1 cm³/mol. The maximum Gasteiger partial charge on any atom is 0.326 e. The van der Waals surface area contributed by atoms with Gasteiger partial charge in [0.15, 0.2) is 0 Å². The van der Waals surface area contributed by atoms with Gasteiger partial charge in [-0.15, -0.1) is 0 Å². The Labute approximate surface area is 117 Å². The van der Waals surface area contributed by atoms with Crippen LogP contribution in [0.1, 0.15) is 52.4 Å². The van der Waals surface area contributed by atoms with E-state index < -0.39 is 5.54 Å². The smallest absolute Gasteiger partial charge is 0.326 e. The van der Waals surface area contributed by atoms with Crippen molar-refractivity contribution >= 4 is 5.97 Å². The van der Waals surface area contributed by atoms with Gasteiger partial charge in [-0.25, -0.2) is 0 Å². The Hall–Kier alpha value is -0.610. The molecule has 4 nitrogen and oxygen atoms in total. The van der Waals surface area contributed by atoms with Crippen molar-refractivity contribution in [3.63, 3.8) is 0 Å². The summed E-state index contributed by atoms with van der Waals surface area (Å²) in [5.74, 6) is 0.731. The molecule has 4 heteroatoms. The maximum atomic E-state index is 11.8. The minimum atomic E-state index is -0.590. The number of hydrogen-bond acceptors (Lipinski definition) is 4. The molecule has 0 bridgehead atoms. The van der Waals surface area contributed by atoms with E-state index >= 15 is 0 Å². The van der Waals surface area contributed by atoms with Crippen LogP contribution in [-0.4, -0.2) is 38.4 Å². The Morgan fingerprint density at radius 2 is 2.11 bits per heavy atom. The van der Waals surface area contributed by atoms with Crippen molar-refractivity contribution in [3.8, 4) is 0 Å². The van der Waals surface area contributed by atoms with Crippen molar-refractivity contribution < 1.29 is 14.3 Å². The zero-order valence-corrected chi connectivity index (χ0v) is 12.7. The van der Waals surface area contributed by atoms with E-state index in [4.69, 9.17) is 9.47 Å². The minimum Gasteiger partial charge on any atom is -0.465 e. The second-order valence-electron chi connectivity index (χ2n) is 5.60. The molecule has 0 aromatic heterocycles. The van der Waals surface area contributed by atoms with Crippen molar-refractivity contribution in [3.05, 3.63) is 0 Å². The Bertz CT molecular complexity index is 266. The van der Waals surface area contributed by atoms with Crippen molar-refractivity contribution in [2.45, 2.75) is 57.9 Å². The number of ether oxygens (including phenoxy) is 2. The van der Waals surface area contributed by atoms with Crippen LogP contribution < -0.4 is 5.32 Å². The molecule has 1 N–H and O–H groups in total. The van der Waals surface area contributed by atoms with E-state index in [0.717, 1.165) is 32.0 Å². The van der Waals surface area contributed by atoms with Crippen LogP contribution in [-0.2, 0) is 14.3 Å². The molecule has 0 aromatic rings. The highest BCUT2D eigenvalue weighted by Crippen LogP contribution is 2.29. The highest BCUT2D eigenvalue weighted by atomic mass is 16.5. The van der Waals surface area contributed by atoms with E-state index in [1.807, 2.05) is 13.8 Å². The molecule has 1 atom stereocenters. The van der Waals surface area contributed by atoms with Gasteiger partial charge < -0.3 is 14.8 Å². The van der Waals surface area contributed by atoms with Crippen molar-refractivity contribution in [1.29, 1.82) is 0 Å². The van der Waals surface area contributed by atoms with E-state index in [1.165, 1.54) is 25.7 Å². The summed E-state index contributed by atoms with van der Waals surface area (Å²) in [5.41, 5.74) is -0.590. The fourth-order valence-corrected chi connectivity index (χ4v) is 2.28. The van der Waals surface area contributed by atoms with Crippen molar-refractivity contribution in [1.82, 2.24) is 5.32 Å². The lowest BCUT2D eigenvalue weighted by Gasteiger charge is -2.27. The number of carbonyl (C=O) groups excluding carboxylic acids is 1. The highest BCUT2D eigenvalue weighted by Gasteiger charge is 2.32. The number of likely N-dealkylation sites (N-methyl/N-ethyl adjacent to an activating group) is 1. The van der Waals surface area contributed by atoms with Gasteiger partial charge in [0, 0.05) is 13.2 Å². The molecule has 0 heterocycles. The van der Waals surface area contributed by atoms with Gasteiger partial charge in [0.1, 0.15) is 5.54 Å². The predicted octanol–water partition coefficient (Wildman–Crippen LogP) is 2.51. The second-order valence-corrected chi connectivity index (χ2v) is 5.60. The molecule has 0 amide bonds.